The van der Waals surface area contributed by atoms with Crippen LogP contribution in [0, 0.1) is 6.92 Å². The lowest BCUT2D eigenvalue weighted by Gasteiger charge is -2.24. The number of carbonyl (C=O) groups is 1. The molecule has 210 valence electrons. The Labute approximate surface area is 234 Å². The van der Waals surface area contributed by atoms with Gasteiger partial charge in [0.15, 0.2) is 5.75 Å². The number of hydrogen-bond donors (Lipinski definition) is 5. The SMILES string of the molecule is COc1c(NSC)cc(C(C)(C)C)cc1NC(=O)c1ccc(C)c(N(N)/C=C(\N)c2cnc(C(C)O)n2C)c1. The summed E-state index contributed by atoms with van der Waals surface area (Å²) < 4.78 is 10.6. The monoisotopic (exact) mass is 553 g/mol. The van der Waals surface area contributed by atoms with Crippen molar-refractivity contribution < 1.29 is 14.6 Å². The quantitative estimate of drug-likeness (QED) is 0.145. The number of benzene rings is 2. The lowest BCUT2D eigenvalue weighted by Crippen LogP contribution is -2.27. The fourth-order valence-corrected chi connectivity index (χ4v) is 4.52. The minimum absolute atomic E-state index is 0.145. The zero-order valence-electron chi connectivity index (χ0n) is 23.8. The number of imidazole rings is 1. The number of nitrogens with zero attached hydrogens (tertiary/aromatic N) is 3. The van der Waals surface area contributed by atoms with Gasteiger partial charge in [-0.15, -0.1) is 0 Å². The van der Waals surface area contributed by atoms with Crippen LogP contribution in [0.15, 0.2) is 42.7 Å². The van der Waals surface area contributed by atoms with E-state index in [0.717, 1.165) is 16.8 Å². The number of aliphatic hydroxyl groups excluding tert-OH is 1. The maximum absolute atomic E-state index is 13.4. The Morgan fingerprint density at radius 2 is 1.92 bits per heavy atom. The van der Waals surface area contributed by atoms with Crippen LogP contribution in [0.25, 0.3) is 5.70 Å². The van der Waals surface area contributed by atoms with E-state index in [4.69, 9.17) is 16.3 Å². The number of nitrogens with two attached hydrogens (primary N) is 2. The van der Waals surface area contributed by atoms with Crippen molar-refractivity contribution in [1.82, 2.24) is 9.55 Å². The molecule has 0 radical (unpaired) electrons. The number of hydrogen-bond acceptors (Lipinski definition) is 9. The summed E-state index contributed by atoms with van der Waals surface area (Å²) in [5.41, 5.74) is 11.4. The van der Waals surface area contributed by atoms with Gasteiger partial charge in [0.25, 0.3) is 5.91 Å². The molecule has 0 aliphatic carbocycles. The van der Waals surface area contributed by atoms with Crippen molar-refractivity contribution in [2.45, 2.75) is 46.1 Å². The number of aromatic nitrogens is 2. The number of rotatable bonds is 9. The predicted molar refractivity (Wildman–Crippen MR) is 161 cm³/mol. The number of aryl methyl sites for hydroxylation is 1. The molecule has 10 nitrogen and oxygen atoms in total. The second-order valence-corrected chi connectivity index (χ2v) is 11.0. The van der Waals surface area contributed by atoms with E-state index in [-0.39, 0.29) is 11.3 Å². The molecule has 0 spiro atoms. The molecule has 0 bridgehead atoms. The van der Waals surface area contributed by atoms with Gasteiger partial charge in [-0.05, 0) is 54.7 Å². The van der Waals surface area contributed by atoms with Gasteiger partial charge in [-0.3, -0.25) is 9.80 Å². The average Bonchev–Trinajstić information content (AvgIpc) is 3.25. The third-order valence-corrected chi connectivity index (χ3v) is 6.76. The summed E-state index contributed by atoms with van der Waals surface area (Å²) in [5.74, 6) is 7.09. The largest absolute Gasteiger partial charge is 0.492 e. The summed E-state index contributed by atoms with van der Waals surface area (Å²) in [6.07, 6.45) is 4.33. The second kappa shape index (κ2) is 12.0. The van der Waals surface area contributed by atoms with Gasteiger partial charge >= 0.3 is 0 Å². The van der Waals surface area contributed by atoms with E-state index in [0.29, 0.717) is 39.9 Å². The normalized spacial score (nSPS) is 12.7. The molecule has 39 heavy (non-hydrogen) atoms. The van der Waals surface area contributed by atoms with E-state index in [1.807, 2.05) is 31.4 Å². The summed E-state index contributed by atoms with van der Waals surface area (Å²) in [6, 6.07) is 9.25. The van der Waals surface area contributed by atoms with E-state index in [9.17, 15) is 9.90 Å². The highest BCUT2D eigenvalue weighted by Gasteiger charge is 2.22. The number of methoxy groups -OCH3 is 1. The van der Waals surface area contributed by atoms with Crippen LogP contribution < -0.4 is 31.4 Å². The summed E-state index contributed by atoms with van der Waals surface area (Å²) in [5, 5.41) is 14.3. The molecule has 3 rings (SSSR count). The highest BCUT2D eigenvalue weighted by atomic mass is 32.2. The molecule has 7 N–H and O–H groups in total. The molecule has 0 saturated heterocycles. The van der Waals surface area contributed by atoms with E-state index in [2.05, 4.69) is 35.8 Å². The molecule has 1 unspecified atom stereocenters. The molecule has 1 aromatic heterocycles. The van der Waals surface area contributed by atoms with Crippen LogP contribution in [0.3, 0.4) is 0 Å². The van der Waals surface area contributed by atoms with Crippen molar-refractivity contribution in [3.63, 3.8) is 0 Å². The van der Waals surface area contributed by atoms with E-state index in [1.165, 1.54) is 17.0 Å². The smallest absolute Gasteiger partial charge is 0.255 e. The zero-order chi connectivity index (χ0) is 29.1. The van der Waals surface area contributed by atoms with Gasteiger partial charge < -0.3 is 30.2 Å². The molecule has 1 amide bonds. The van der Waals surface area contributed by atoms with Crippen molar-refractivity contribution in [2.75, 3.05) is 28.4 Å². The fraction of sp³-hybridized carbons (Fsp3) is 0.357. The number of carbonyl (C=O) groups excluding carboxylic acids is 1. The molecule has 1 heterocycles. The van der Waals surface area contributed by atoms with E-state index in [1.54, 1.807) is 50.2 Å². The van der Waals surface area contributed by atoms with Crippen LogP contribution in [0.4, 0.5) is 17.1 Å². The Hall–Kier alpha value is -3.67. The number of ether oxygens (including phenoxy) is 1. The van der Waals surface area contributed by atoms with Gasteiger partial charge in [-0.25, -0.2) is 10.8 Å². The van der Waals surface area contributed by atoms with Crippen molar-refractivity contribution in [1.29, 1.82) is 0 Å². The summed E-state index contributed by atoms with van der Waals surface area (Å²) >= 11 is 1.45. The van der Waals surface area contributed by atoms with Crippen LogP contribution in [0.5, 0.6) is 5.75 Å². The molecule has 0 fully saturated rings. The summed E-state index contributed by atoms with van der Waals surface area (Å²) in [7, 11) is 3.35. The Morgan fingerprint density at radius 1 is 1.26 bits per heavy atom. The molecular weight excluding hydrogens is 514 g/mol. The topological polar surface area (TPSA) is 144 Å². The molecular formula is C28H39N7O3S. The first-order valence-electron chi connectivity index (χ1n) is 12.4. The molecule has 0 saturated carbocycles. The molecule has 0 aliphatic heterocycles. The summed E-state index contributed by atoms with van der Waals surface area (Å²) in [6.45, 7) is 9.87. The number of aliphatic hydroxyl groups is 1. The van der Waals surface area contributed by atoms with Crippen molar-refractivity contribution >= 4 is 40.6 Å². The van der Waals surface area contributed by atoms with Gasteiger partial charge in [0.1, 0.15) is 11.9 Å². The Bertz CT molecular complexity index is 1380. The highest BCUT2D eigenvalue weighted by Crippen LogP contribution is 2.39. The van der Waals surface area contributed by atoms with Crippen LogP contribution >= 0.6 is 11.9 Å². The lowest BCUT2D eigenvalue weighted by atomic mass is 9.86. The van der Waals surface area contributed by atoms with Crippen LogP contribution in [0.2, 0.25) is 0 Å². The number of nitrogens with one attached hydrogen (secondary N) is 2. The van der Waals surface area contributed by atoms with Crippen LogP contribution in [-0.2, 0) is 12.5 Å². The highest BCUT2D eigenvalue weighted by molar-refractivity contribution is 7.99. The van der Waals surface area contributed by atoms with Crippen molar-refractivity contribution in [2.24, 2.45) is 18.6 Å². The van der Waals surface area contributed by atoms with Gasteiger partial charge in [0, 0.05) is 25.1 Å². The molecule has 3 aromatic rings. The second-order valence-electron chi connectivity index (χ2n) is 10.3. The van der Waals surface area contributed by atoms with E-state index >= 15 is 0 Å². The zero-order valence-corrected chi connectivity index (χ0v) is 24.6. The standard InChI is InChI=1S/C28H39N7O3S/c1-16-9-10-18(11-23(16)35(30)15-20(29)24-14-31-26(17(2)36)34(24)6)27(37)32-21-12-19(28(3,4)5)13-22(33-39-8)25(21)38-7/h9-15,17,33,36H,29-30H2,1-8H3,(H,32,37)/b20-15-. The van der Waals surface area contributed by atoms with Crippen molar-refractivity contribution in [3.8, 4) is 5.75 Å². The van der Waals surface area contributed by atoms with Crippen LogP contribution in [-0.4, -0.2) is 33.9 Å². The average molecular weight is 554 g/mol. The van der Waals surface area contributed by atoms with Gasteiger partial charge in [-0.1, -0.05) is 38.8 Å². The molecule has 0 aliphatic rings. The lowest BCUT2D eigenvalue weighted by molar-refractivity contribution is 0.102. The molecule has 11 heteroatoms. The van der Waals surface area contributed by atoms with Crippen LogP contribution in [0.1, 0.15) is 66.8 Å². The number of hydrazine groups is 1. The Morgan fingerprint density at radius 3 is 2.49 bits per heavy atom. The molecule has 2 aromatic carbocycles. The Kier molecular flexibility index (Phi) is 9.21. The maximum Gasteiger partial charge on any atom is 0.255 e. The fourth-order valence-electron chi connectivity index (χ4n) is 4.15. The van der Waals surface area contributed by atoms with Gasteiger partial charge in [0.05, 0.1) is 41.8 Å². The third-order valence-electron chi connectivity index (χ3n) is 6.34. The van der Waals surface area contributed by atoms with Crippen molar-refractivity contribution in [3.05, 3.63) is 70.9 Å². The predicted octanol–water partition coefficient (Wildman–Crippen LogP) is 4.67. The first kappa shape index (κ1) is 29.9. The van der Waals surface area contributed by atoms with E-state index < -0.39 is 6.10 Å². The molecule has 1 atom stereocenters. The van der Waals surface area contributed by atoms with Gasteiger partial charge in [-0.2, -0.15) is 0 Å². The maximum atomic E-state index is 13.4. The number of anilines is 3. The summed E-state index contributed by atoms with van der Waals surface area (Å²) in [4.78, 5) is 17.7. The number of amides is 1. The first-order chi connectivity index (χ1) is 18.3. The Balaban J connectivity index is 1.94. The minimum Gasteiger partial charge on any atom is -0.492 e. The minimum atomic E-state index is -0.738. The van der Waals surface area contributed by atoms with Gasteiger partial charge in [0.2, 0.25) is 0 Å². The first-order valence-corrected chi connectivity index (χ1v) is 13.7. The third kappa shape index (κ3) is 6.67.